The second kappa shape index (κ2) is 4.83. The molecule has 86 valence electrons. The molecule has 1 aromatic rings. The molecule has 0 amide bonds. The van der Waals surface area contributed by atoms with Crippen molar-refractivity contribution in [3.8, 4) is 0 Å². The predicted molar refractivity (Wildman–Crippen MR) is 54.3 cm³/mol. The molecule has 0 aliphatic carbocycles. The quantitative estimate of drug-likeness (QED) is 0.628. The molecular formula is C9H13F3N2S. The van der Waals surface area contributed by atoms with Crippen molar-refractivity contribution in [3.05, 3.63) is 16.7 Å². The zero-order valence-corrected chi connectivity index (χ0v) is 9.21. The fourth-order valence-corrected chi connectivity index (χ4v) is 1.64. The minimum Gasteiger partial charge on any atom is -0.335 e. The first kappa shape index (κ1) is 12.3. The molecule has 0 aliphatic heterocycles. The summed E-state index contributed by atoms with van der Waals surface area (Å²) in [5.74, 6) is 0. The highest BCUT2D eigenvalue weighted by Crippen LogP contribution is 2.22. The average molecular weight is 238 g/mol. The summed E-state index contributed by atoms with van der Waals surface area (Å²) in [5.41, 5.74) is 0.927. The van der Waals surface area contributed by atoms with Gasteiger partial charge in [-0.1, -0.05) is 0 Å². The Morgan fingerprint density at radius 1 is 1.40 bits per heavy atom. The molecule has 0 aromatic carbocycles. The number of rotatable bonds is 4. The van der Waals surface area contributed by atoms with Crippen molar-refractivity contribution in [2.45, 2.75) is 38.9 Å². The molecule has 0 unspecified atom stereocenters. The Balaban J connectivity index is 2.33. The predicted octanol–water partition coefficient (Wildman–Crippen LogP) is 3.59. The first-order chi connectivity index (χ1) is 6.88. The summed E-state index contributed by atoms with van der Waals surface area (Å²) in [6.45, 7) is 2.40. The second-order valence-corrected chi connectivity index (χ2v) is 3.89. The molecule has 1 heterocycles. The van der Waals surface area contributed by atoms with E-state index < -0.39 is 12.6 Å². The Labute approximate surface area is 91.1 Å². The van der Waals surface area contributed by atoms with Gasteiger partial charge in [-0.05, 0) is 32.0 Å². The Kier molecular flexibility index (Phi) is 3.96. The van der Waals surface area contributed by atoms with Gasteiger partial charge in [0.15, 0.2) is 4.77 Å². The molecule has 15 heavy (non-hydrogen) atoms. The lowest BCUT2D eigenvalue weighted by molar-refractivity contribution is -0.135. The van der Waals surface area contributed by atoms with Crippen LogP contribution in [0, 0.1) is 11.7 Å². The first-order valence-electron chi connectivity index (χ1n) is 4.71. The molecule has 0 atom stereocenters. The van der Waals surface area contributed by atoms with Crippen LogP contribution in [-0.4, -0.2) is 15.7 Å². The van der Waals surface area contributed by atoms with Crippen LogP contribution in [-0.2, 0) is 6.54 Å². The van der Waals surface area contributed by atoms with Crippen molar-refractivity contribution in [1.29, 1.82) is 0 Å². The number of hydrogen-bond acceptors (Lipinski definition) is 1. The maximum Gasteiger partial charge on any atom is 0.389 e. The van der Waals surface area contributed by atoms with Crippen LogP contribution in [0.3, 0.4) is 0 Å². The highest BCUT2D eigenvalue weighted by molar-refractivity contribution is 7.71. The van der Waals surface area contributed by atoms with Crippen LogP contribution in [0.15, 0.2) is 6.20 Å². The largest absolute Gasteiger partial charge is 0.389 e. The summed E-state index contributed by atoms with van der Waals surface area (Å²) in [6, 6.07) is 0. The van der Waals surface area contributed by atoms with Gasteiger partial charge in [-0.3, -0.25) is 0 Å². The molecule has 6 heteroatoms. The molecule has 0 radical (unpaired) electrons. The van der Waals surface area contributed by atoms with Crippen molar-refractivity contribution >= 4 is 12.2 Å². The maximum atomic E-state index is 11.8. The molecule has 1 rings (SSSR count). The van der Waals surface area contributed by atoms with Gasteiger partial charge in [-0.2, -0.15) is 13.2 Å². The van der Waals surface area contributed by atoms with E-state index in [4.69, 9.17) is 12.2 Å². The molecule has 0 bridgehead atoms. The summed E-state index contributed by atoms with van der Waals surface area (Å²) in [5, 5.41) is 0. The van der Waals surface area contributed by atoms with Gasteiger partial charge in [0.05, 0.1) is 0 Å². The molecule has 0 saturated carbocycles. The number of nitrogens with one attached hydrogen (secondary N) is 1. The normalized spacial score (nSPS) is 12.0. The third kappa shape index (κ3) is 4.51. The van der Waals surface area contributed by atoms with Crippen molar-refractivity contribution in [3.63, 3.8) is 0 Å². The Hall–Kier alpha value is -0.780. The lowest BCUT2D eigenvalue weighted by Crippen LogP contribution is -2.07. The molecule has 0 fully saturated rings. The van der Waals surface area contributed by atoms with Crippen molar-refractivity contribution in [1.82, 2.24) is 9.55 Å². The number of hydrogen-bond donors (Lipinski definition) is 1. The van der Waals surface area contributed by atoms with E-state index in [1.807, 2.05) is 13.1 Å². The van der Waals surface area contributed by atoms with E-state index in [1.165, 1.54) is 0 Å². The summed E-state index contributed by atoms with van der Waals surface area (Å²) in [7, 11) is 0. The fourth-order valence-electron chi connectivity index (χ4n) is 1.34. The number of H-pyrrole nitrogens is 1. The van der Waals surface area contributed by atoms with E-state index in [0.29, 0.717) is 17.7 Å². The van der Waals surface area contributed by atoms with Crippen LogP contribution in [0.5, 0.6) is 0 Å². The van der Waals surface area contributed by atoms with E-state index in [0.717, 1.165) is 5.69 Å². The first-order valence-corrected chi connectivity index (χ1v) is 5.12. The van der Waals surface area contributed by atoms with Crippen LogP contribution >= 0.6 is 12.2 Å². The van der Waals surface area contributed by atoms with Gasteiger partial charge in [0.25, 0.3) is 0 Å². The number of aromatic amines is 1. The van der Waals surface area contributed by atoms with Gasteiger partial charge in [0.1, 0.15) is 0 Å². The highest BCUT2D eigenvalue weighted by Gasteiger charge is 2.25. The van der Waals surface area contributed by atoms with E-state index in [2.05, 4.69) is 4.98 Å². The smallest absolute Gasteiger partial charge is 0.335 e. The zero-order valence-electron chi connectivity index (χ0n) is 8.40. The molecular weight excluding hydrogens is 225 g/mol. The molecule has 0 aliphatic rings. The average Bonchev–Trinajstić information content (AvgIpc) is 2.37. The van der Waals surface area contributed by atoms with Gasteiger partial charge < -0.3 is 9.55 Å². The van der Waals surface area contributed by atoms with E-state index >= 15 is 0 Å². The van der Waals surface area contributed by atoms with E-state index in [1.54, 1.807) is 4.57 Å². The minimum absolute atomic E-state index is 0.148. The third-order valence-corrected chi connectivity index (χ3v) is 2.36. The highest BCUT2D eigenvalue weighted by atomic mass is 32.1. The summed E-state index contributed by atoms with van der Waals surface area (Å²) in [6.07, 6.45) is -2.31. The summed E-state index contributed by atoms with van der Waals surface area (Å²) in [4.78, 5) is 2.92. The SMILES string of the molecule is Cc1cn(CCCCC(F)(F)F)c(=S)[nH]1. The van der Waals surface area contributed by atoms with E-state index in [-0.39, 0.29) is 6.42 Å². The lowest BCUT2D eigenvalue weighted by atomic mass is 10.2. The standard InChI is InChI=1S/C9H13F3N2S/c1-7-6-14(8(15)13-7)5-3-2-4-9(10,11)12/h6H,2-5H2,1H3,(H,13,15). The third-order valence-electron chi connectivity index (χ3n) is 2.02. The Morgan fingerprint density at radius 2 is 2.07 bits per heavy atom. The van der Waals surface area contributed by atoms with Crippen LogP contribution in [0.25, 0.3) is 0 Å². The van der Waals surface area contributed by atoms with Gasteiger partial charge in [-0.15, -0.1) is 0 Å². The summed E-state index contributed by atoms with van der Waals surface area (Å²) < 4.78 is 37.8. The second-order valence-electron chi connectivity index (χ2n) is 3.51. The Bertz CT molecular complexity index is 364. The maximum absolute atomic E-state index is 11.8. The van der Waals surface area contributed by atoms with Gasteiger partial charge >= 0.3 is 6.18 Å². The number of halogens is 3. The molecule has 0 saturated heterocycles. The molecule has 1 aromatic heterocycles. The molecule has 0 spiro atoms. The minimum atomic E-state index is -4.05. The number of aryl methyl sites for hydroxylation is 2. The van der Waals surface area contributed by atoms with Gasteiger partial charge in [0, 0.05) is 24.9 Å². The number of alkyl halides is 3. The summed E-state index contributed by atoms with van der Waals surface area (Å²) >= 11 is 4.98. The number of unbranched alkanes of at least 4 members (excludes halogenated alkanes) is 1. The number of imidazole rings is 1. The van der Waals surface area contributed by atoms with Gasteiger partial charge in [-0.25, -0.2) is 0 Å². The fraction of sp³-hybridized carbons (Fsp3) is 0.667. The van der Waals surface area contributed by atoms with Crippen molar-refractivity contribution in [2.24, 2.45) is 0 Å². The Morgan fingerprint density at radius 3 is 2.53 bits per heavy atom. The van der Waals surface area contributed by atoms with Crippen molar-refractivity contribution < 1.29 is 13.2 Å². The van der Waals surface area contributed by atoms with Crippen LogP contribution in [0.4, 0.5) is 13.2 Å². The monoisotopic (exact) mass is 238 g/mol. The zero-order chi connectivity index (χ0) is 11.5. The van der Waals surface area contributed by atoms with Crippen LogP contribution in [0.1, 0.15) is 25.0 Å². The van der Waals surface area contributed by atoms with Crippen LogP contribution < -0.4 is 0 Å². The van der Waals surface area contributed by atoms with E-state index in [9.17, 15) is 13.2 Å². The lowest BCUT2D eigenvalue weighted by Gasteiger charge is -2.05. The van der Waals surface area contributed by atoms with Gasteiger partial charge in [0.2, 0.25) is 0 Å². The topological polar surface area (TPSA) is 20.7 Å². The molecule has 1 N–H and O–H groups in total. The van der Waals surface area contributed by atoms with Crippen molar-refractivity contribution in [2.75, 3.05) is 0 Å². The molecule has 2 nitrogen and oxygen atoms in total. The number of aromatic nitrogens is 2. The van der Waals surface area contributed by atoms with Crippen LogP contribution in [0.2, 0.25) is 0 Å². The number of nitrogens with zero attached hydrogens (tertiary/aromatic N) is 1.